The Labute approximate surface area is 225 Å². The Kier molecular flexibility index (Phi) is 12.9. The summed E-state index contributed by atoms with van der Waals surface area (Å²) < 4.78 is 11.4. The molecule has 2 amide bonds. The van der Waals surface area contributed by atoms with Crippen LogP contribution in [0.3, 0.4) is 0 Å². The highest BCUT2D eigenvalue weighted by molar-refractivity contribution is 6.35. The third kappa shape index (κ3) is 8.90. The number of carbonyl (C=O) groups is 2. The number of halogens is 2. The van der Waals surface area contributed by atoms with Gasteiger partial charge in [-0.1, -0.05) is 55.6 Å². The van der Waals surface area contributed by atoms with E-state index in [1.54, 1.807) is 23.1 Å². The zero-order valence-electron chi connectivity index (χ0n) is 21.7. The third-order valence-corrected chi connectivity index (χ3v) is 6.39. The molecule has 0 fully saturated rings. The zero-order valence-corrected chi connectivity index (χ0v) is 23.3. The van der Waals surface area contributed by atoms with Gasteiger partial charge in [0.2, 0.25) is 11.8 Å². The van der Waals surface area contributed by atoms with Crippen LogP contribution in [0.2, 0.25) is 10.0 Å². The van der Waals surface area contributed by atoms with Crippen molar-refractivity contribution in [2.45, 2.75) is 72.4 Å². The molecule has 198 valence electrons. The molecule has 0 saturated heterocycles. The van der Waals surface area contributed by atoms with Gasteiger partial charge >= 0.3 is 0 Å². The van der Waals surface area contributed by atoms with Crippen molar-refractivity contribution in [1.82, 2.24) is 10.2 Å². The second-order valence-corrected chi connectivity index (χ2v) is 9.32. The Hall–Kier alpha value is -2.44. The van der Waals surface area contributed by atoms with E-state index in [4.69, 9.17) is 32.7 Å². The fourth-order valence-corrected chi connectivity index (χ4v) is 4.37. The number of aryl methyl sites for hydroxylation is 1. The van der Waals surface area contributed by atoms with Gasteiger partial charge in [-0.25, -0.2) is 0 Å². The molecule has 36 heavy (non-hydrogen) atoms. The molecule has 0 aliphatic rings. The Bertz CT molecular complexity index is 1000. The smallest absolute Gasteiger partial charge is 0.242 e. The van der Waals surface area contributed by atoms with E-state index in [0.29, 0.717) is 54.1 Å². The van der Waals surface area contributed by atoms with Crippen molar-refractivity contribution in [1.29, 1.82) is 0 Å². The first-order chi connectivity index (χ1) is 17.3. The van der Waals surface area contributed by atoms with E-state index >= 15 is 0 Å². The van der Waals surface area contributed by atoms with Crippen molar-refractivity contribution < 1.29 is 19.1 Å². The number of amides is 2. The van der Waals surface area contributed by atoms with E-state index in [2.05, 4.69) is 12.2 Å². The molecule has 1 N–H and O–H groups in total. The quantitative estimate of drug-likeness (QED) is 0.265. The van der Waals surface area contributed by atoms with Gasteiger partial charge in [0.05, 0.1) is 13.2 Å². The lowest BCUT2D eigenvalue weighted by atomic mass is 10.1. The lowest BCUT2D eigenvalue weighted by Crippen LogP contribution is -2.49. The molecule has 2 aromatic carbocycles. The van der Waals surface area contributed by atoms with Crippen LogP contribution in [0.4, 0.5) is 0 Å². The van der Waals surface area contributed by atoms with Crippen molar-refractivity contribution in [2.24, 2.45) is 0 Å². The Balaban J connectivity index is 2.24. The predicted octanol–water partition coefficient (Wildman–Crippen LogP) is 6.45. The van der Waals surface area contributed by atoms with E-state index in [9.17, 15) is 9.59 Å². The van der Waals surface area contributed by atoms with Crippen LogP contribution >= 0.6 is 23.2 Å². The zero-order chi connectivity index (χ0) is 26.5. The molecule has 0 saturated carbocycles. The maximum atomic E-state index is 13.5. The SMILES string of the molecule is CCCCNC(=O)[C@@H](CC)N(Cc1ccc(Cl)cc1Cl)C(=O)CCc1ccc(OCC)c(OCC)c1. The molecule has 6 nitrogen and oxygen atoms in total. The van der Waals surface area contributed by atoms with Crippen LogP contribution in [0.5, 0.6) is 11.5 Å². The van der Waals surface area contributed by atoms with Crippen LogP contribution in [0.1, 0.15) is 64.5 Å². The van der Waals surface area contributed by atoms with Gasteiger partial charge in [0, 0.05) is 29.6 Å². The lowest BCUT2D eigenvalue weighted by molar-refractivity contribution is -0.141. The molecule has 0 aliphatic heterocycles. The Morgan fingerprint density at radius 3 is 2.33 bits per heavy atom. The van der Waals surface area contributed by atoms with Gasteiger partial charge in [-0.15, -0.1) is 0 Å². The van der Waals surface area contributed by atoms with E-state index in [-0.39, 0.29) is 24.8 Å². The number of rotatable bonds is 15. The molecule has 0 unspecified atom stereocenters. The minimum Gasteiger partial charge on any atom is -0.490 e. The average Bonchev–Trinajstić information content (AvgIpc) is 2.85. The molecule has 0 heterocycles. The number of benzene rings is 2. The van der Waals surface area contributed by atoms with E-state index in [1.165, 1.54) is 0 Å². The molecule has 0 bridgehead atoms. The predicted molar refractivity (Wildman–Crippen MR) is 146 cm³/mol. The van der Waals surface area contributed by atoms with Gasteiger partial charge in [0.25, 0.3) is 0 Å². The van der Waals surface area contributed by atoms with E-state index in [1.807, 2.05) is 39.0 Å². The minimum absolute atomic E-state index is 0.120. The van der Waals surface area contributed by atoms with Gasteiger partial charge in [0.1, 0.15) is 6.04 Å². The highest BCUT2D eigenvalue weighted by atomic mass is 35.5. The first-order valence-electron chi connectivity index (χ1n) is 12.7. The molecule has 0 aliphatic carbocycles. The topological polar surface area (TPSA) is 67.9 Å². The van der Waals surface area contributed by atoms with Gasteiger partial charge in [-0.3, -0.25) is 9.59 Å². The number of nitrogens with zero attached hydrogens (tertiary/aromatic N) is 1. The summed E-state index contributed by atoms with van der Waals surface area (Å²) in [4.78, 5) is 28.2. The largest absolute Gasteiger partial charge is 0.490 e. The average molecular weight is 538 g/mol. The van der Waals surface area contributed by atoms with Crippen LogP contribution in [-0.2, 0) is 22.6 Å². The van der Waals surface area contributed by atoms with Crippen LogP contribution in [0.25, 0.3) is 0 Å². The molecule has 0 radical (unpaired) electrons. The first-order valence-corrected chi connectivity index (χ1v) is 13.5. The molecule has 0 aromatic heterocycles. The van der Waals surface area contributed by atoms with Crippen LogP contribution in [-0.4, -0.2) is 42.5 Å². The van der Waals surface area contributed by atoms with Crippen molar-refractivity contribution in [3.05, 3.63) is 57.6 Å². The standard InChI is InChI=1S/C28H38Cl2N2O4/c1-5-9-16-31-28(34)24(6-2)32(19-21-12-13-22(29)18-23(21)30)27(33)15-11-20-10-14-25(35-7-3)26(17-20)36-8-4/h10,12-14,17-18,24H,5-9,11,15-16,19H2,1-4H3,(H,31,34)/t24-/m1/s1. The van der Waals surface area contributed by atoms with Crippen molar-refractivity contribution in [3.63, 3.8) is 0 Å². The fourth-order valence-electron chi connectivity index (χ4n) is 3.91. The number of unbranched alkanes of at least 4 members (excludes halogenated alkanes) is 1. The van der Waals surface area contributed by atoms with Gasteiger partial charge < -0.3 is 19.7 Å². The number of hydrogen-bond acceptors (Lipinski definition) is 4. The van der Waals surface area contributed by atoms with Crippen LogP contribution in [0, 0.1) is 0 Å². The third-order valence-electron chi connectivity index (χ3n) is 5.81. The molecule has 2 aromatic rings. The summed E-state index contributed by atoms with van der Waals surface area (Å²) in [5.74, 6) is 1.08. The highest BCUT2D eigenvalue weighted by Gasteiger charge is 2.28. The molecular weight excluding hydrogens is 499 g/mol. The summed E-state index contributed by atoms with van der Waals surface area (Å²) in [5.41, 5.74) is 1.70. The number of nitrogens with one attached hydrogen (secondary N) is 1. The summed E-state index contributed by atoms with van der Waals surface area (Å²) in [6, 6.07) is 10.3. The molecule has 1 atom stereocenters. The molecule has 0 spiro atoms. The van der Waals surface area contributed by atoms with Crippen molar-refractivity contribution in [3.8, 4) is 11.5 Å². The Morgan fingerprint density at radius 1 is 0.972 bits per heavy atom. The summed E-state index contributed by atoms with van der Waals surface area (Å²) >= 11 is 12.5. The minimum atomic E-state index is -0.597. The fraction of sp³-hybridized carbons (Fsp3) is 0.500. The van der Waals surface area contributed by atoms with E-state index in [0.717, 1.165) is 24.0 Å². The maximum absolute atomic E-state index is 13.5. The summed E-state index contributed by atoms with van der Waals surface area (Å²) in [7, 11) is 0. The number of hydrogen-bond donors (Lipinski definition) is 1. The van der Waals surface area contributed by atoms with Gasteiger partial charge in [-0.2, -0.15) is 0 Å². The van der Waals surface area contributed by atoms with Crippen molar-refractivity contribution >= 4 is 35.0 Å². The molecule has 8 heteroatoms. The first kappa shape index (κ1) is 29.8. The maximum Gasteiger partial charge on any atom is 0.242 e. The second kappa shape index (κ2) is 15.6. The number of carbonyl (C=O) groups excluding carboxylic acids is 2. The highest BCUT2D eigenvalue weighted by Crippen LogP contribution is 2.29. The monoisotopic (exact) mass is 536 g/mol. The van der Waals surface area contributed by atoms with Crippen molar-refractivity contribution in [2.75, 3.05) is 19.8 Å². The molecule has 2 rings (SSSR count). The molecular formula is C28H38Cl2N2O4. The Morgan fingerprint density at radius 2 is 1.69 bits per heavy atom. The van der Waals surface area contributed by atoms with Crippen LogP contribution < -0.4 is 14.8 Å². The normalized spacial score (nSPS) is 11.6. The lowest BCUT2D eigenvalue weighted by Gasteiger charge is -2.31. The van der Waals surface area contributed by atoms with Gasteiger partial charge in [0.15, 0.2) is 11.5 Å². The second-order valence-electron chi connectivity index (χ2n) is 8.47. The van der Waals surface area contributed by atoms with Crippen LogP contribution in [0.15, 0.2) is 36.4 Å². The van der Waals surface area contributed by atoms with Gasteiger partial charge in [-0.05, 0) is 68.5 Å². The number of ether oxygens (including phenoxy) is 2. The summed E-state index contributed by atoms with van der Waals surface area (Å²) in [6.07, 6.45) is 3.10. The summed E-state index contributed by atoms with van der Waals surface area (Å²) in [6.45, 7) is 9.69. The van der Waals surface area contributed by atoms with E-state index < -0.39 is 6.04 Å². The summed E-state index contributed by atoms with van der Waals surface area (Å²) in [5, 5.41) is 3.96.